The van der Waals surface area contributed by atoms with Crippen LogP contribution in [0.4, 0.5) is 4.39 Å². The SMILES string of the molecule is CN1CC(C(=O)O)C(c2ccccc2F)C1. The molecule has 1 saturated heterocycles. The molecule has 1 aliphatic heterocycles. The van der Waals surface area contributed by atoms with Crippen molar-refractivity contribution in [3.8, 4) is 0 Å². The number of carbonyl (C=O) groups is 1. The van der Waals surface area contributed by atoms with E-state index in [-0.39, 0.29) is 11.7 Å². The van der Waals surface area contributed by atoms with Crippen molar-refractivity contribution in [2.24, 2.45) is 5.92 Å². The molecule has 0 amide bonds. The number of likely N-dealkylation sites (N-methyl/N-ethyl adjacent to an activating group) is 1. The van der Waals surface area contributed by atoms with Crippen LogP contribution >= 0.6 is 0 Å². The van der Waals surface area contributed by atoms with Crippen LogP contribution in [-0.4, -0.2) is 36.1 Å². The first-order valence-corrected chi connectivity index (χ1v) is 5.25. The molecule has 2 unspecified atom stereocenters. The fourth-order valence-corrected chi connectivity index (χ4v) is 2.34. The summed E-state index contributed by atoms with van der Waals surface area (Å²) in [7, 11) is 1.86. The highest BCUT2D eigenvalue weighted by Gasteiger charge is 2.37. The number of benzene rings is 1. The number of hydrogen-bond donors (Lipinski definition) is 1. The normalized spacial score (nSPS) is 25.9. The van der Waals surface area contributed by atoms with Gasteiger partial charge in [-0.15, -0.1) is 0 Å². The number of hydrogen-bond acceptors (Lipinski definition) is 2. The van der Waals surface area contributed by atoms with E-state index in [1.165, 1.54) is 6.07 Å². The molecule has 4 heteroatoms. The second-order valence-corrected chi connectivity index (χ2v) is 4.29. The van der Waals surface area contributed by atoms with Crippen molar-refractivity contribution < 1.29 is 14.3 Å². The summed E-state index contributed by atoms with van der Waals surface area (Å²) in [5.41, 5.74) is 0.513. The predicted molar refractivity (Wildman–Crippen MR) is 57.8 cm³/mol. The van der Waals surface area contributed by atoms with Gasteiger partial charge in [-0.2, -0.15) is 0 Å². The molecule has 2 atom stereocenters. The van der Waals surface area contributed by atoms with Crippen LogP contribution in [0, 0.1) is 11.7 Å². The van der Waals surface area contributed by atoms with E-state index in [4.69, 9.17) is 5.11 Å². The fraction of sp³-hybridized carbons (Fsp3) is 0.417. The van der Waals surface area contributed by atoms with Crippen LogP contribution in [0.5, 0.6) is 0 Å². The molecular weight excluding hydrogens is 209 g/mol. The van der Waals surface area contributed by atoms with Crippen LogP contribution in [0.2, 0.25) is 0 Å². The number of carboxylic acids is 1. The van der Waals surface area contributed by atoms with Crippen LogP contribution in [-0.2, 0) is 4.79 Å². The molecule has 2 rings (SSSR count). The van der Waals surface area contributed by atoms with Crippen LogP contribution in [0.3, 0.4) is 0 Å². The Kier molecular flexibility index (Phi) is 2.92. The first-order valence-electron chi connectivity index (χ1n) is 5.25. The highest BCUT2D eigenvalue weighted by molar-refractivity contribution is 5.72. The lowest BCUT2D eigenvalue weighted by atomic mass is 9.89. The van der Waals surface area contributed by atoms with Crippen molar-refractivity contribution in [2.45, 2.75) is 5.92 Å². The summed E-state index contributed by atoms with van der Waals surface area (Å²) in [5.74, 6) is -1.92. The Morgan fingerprint density at radius 1 is 1.44 bits per heavy atom. The Balaban J connectivity index is 2.33. The van der Waals surface area contributed by atoms with Crippen molar-refractivity contribution in [3.05, 3.63) is 35.6 Å². The smallest absolute Gasteiger partial charge is 0.308 e. The topological polar surface area (TPSA) is 40.5 Å². The number of rotatable bonds is 2. The summed E-state index contributed by atoms with van der Waals surface area (Å²) in [6, 6.07) is 6.42. The summed E-state index contributed by atoms with van der Waals surface area (Å²) in [4.78, 5) is 13.0. The summed E-state index contributed by atoms with van der Waals surface area (Å²) in [5, 5.41) is 9.10. The van der Waals surface area contributed by atoms with Crippen LogP contribution in [0.15, 0.2) is 24.3 Å². The molecule has 0 saturated carbocycles. The minimum Gasteiger partial charge on any atom is -0.481 e. The number of halogens is 1. The van der Waals surface area contributed by atoms with Gasteiger partial charge in [0, 0.05) is 19.0 Å². The Morgan fingerprint density at radius 3 is 2.75 bits per heavy atom. The van der Waals surface area contributed by atoms with E-state index in [0.717, 1.165) is 0 Å². The van der Waals surface area contributed by atoms with E-state index < -0.39 is 11.9 Å². The summed E-state index contributed by atoms with van der Waals surface area (Å²) >= 11 is 0. The highest BCUT2D eigenvalue weighted by Crippen LogP contribution is 2.33. The Morgan fingerprint density at radius 2 is 2.12 bits per heavy atom. The zero-order chi connectivity index (χ0) is 11.7. The monoisotopic (exact) mass is 223 g/mol. The maximum absolute atomic E-state index is 13.6. The van der Waals surface area contributed by atoms with E-state index in [1.54, 1.807) is 18.2 Å². The molecule has 1 heterocycles. The molecule has 0 radical (unpaired) electrons. The number of nitrogens with zero attached hydrogens (tertiary/aromatic N) is 1. The van der Waals surface area contributed by atoms with Gasteiger partial charge in [0.25, 0.3) is 0 Å². The molecule has 1 fully saturated rings. The Bertz CT molecular complexity index is 408. The molecule has 3 nitrogen and oxygen atoms in total. The average Bonchev–Trinajstić information content (AvgIpc) is 2.61. The summed E-state index contributed by atoms with van der Waals surface area (Å²) < 4.78 is 13.6. The second-order valence-electron chi connectivity index (χ2n) is 4.29. The van der Waals surface area contributed by atoms with Gasteiger partial charge in [0.2, 0.25) is 0 Å². The molecular formula is C12H14FNO2. The largest absolute Gasteiger partial charge is 0.481 e. The third-order valence-electron chi connectivity index (χ3n) is 3.12. The van der Waals surface area contributed by atoms with Crippen molar-refractivity contribution in [1.82, 2.24) is 4.90 Å². The minimum atomic E-state index is -0.849. The minimum absolute atomic E-state index is 0.247. The molecule has 1 aliphatic rings. The van der Waals surface area contributed by atoms with Gasteiger partial charge in [-0.1, -0.05) is 18.2 Å². The van der Waals surface area contributed by atoms with E-state index in [9.17, 15) is 9.18 Å². The number of aliphatic carboxylic acids is 1. The molecule has 0 bridgehead atoms. The quantitative estimate of drug-likeness (QED) is 0.827. The zero-order valence-electron chi connectivity index (χ0n) is 9.06. The Hall–Kier alpha value is -1.42. The lowest BCUT2D eigenvalue weighted by Gasteiger charge is -2.15. The molecule has 0 aliphatic carbocycles. The first-order chi connectivity index (χ1) is 7.59. The molecule has 86 valence electrons. The van der Waals surface area contributed by atoms with Gasteiger partial charge >= 0.3 is 5.97 Å². The van der Waals surface area contributed by atoms with Gasteiger partial charge < -0.3 is 10.0 Å². The van der Waals surface area contributed by atoms with Gasteiger partial charge in [-0.3, -0.25) is 4.79 Å². The maximum atomic E-state index is 13.6. The molecule has 1 aromatic rings. The molecule has 16 heavy (non-hydrogen) atoms. The van der Waals surface area contributed by atoms with Gasteiger partial charge in [0.05, 0.1) is 5.92 Å². The van der Waals surface area contributed by atoms with E-state index in [1.807, 2.05) is 11.9 Å². The van der Waals surface area contributed by atoms with Crippen molar-refractivity contribution >= 4 is 5.97 Å². The Labute approximate surface area is 93.5 Å². The van der Waals surface area contributed by atoms with Crippen LogP contribution in [0.25, 0.3) is 0 Å². The van der Waals surface area contributed by atoms with Gasteiger partial charge in [0.1, 0.15) is 5.82 Å². The second kappa shape index (κ2) is 4.22. The first kappa shape index (κ1) is 11.1. The van der Waals surface area contributed by atoms with Crippen molar-refractivity contribution in [2.75, 3.05) is 20.1 Å². The van der Waals surface area contributed by atoms with Crippen LogP contribution in [0.1, 0.15) is 11.5 Å². The zero-order valence-corrected chi connectivity index (χ0v) is 9.06. The highest BCUT2D eigenvalue weighted by atomic mass is 19.1. The predicted octanol–water partition coefficient (Wildman–Crippen LogP) is 1.56. The van der Waals surface area contributed by atoms with E-state index in [0.29, 0.717) is 18.7 Å². The van der Waals surface area contributed by atoms with E-state index in [2.05, 4.69) is 0 Å². The molecule has 0 spiro atoms. The summed E-state index contributed by atoms with van der Waals surface area (Å²) in [6.07, 6.45) is 0. The number of likely N-dealkylation sites (tertiary alicyclic amines) is 1. The van der Waals surface area contributed by atoms with Gasteiger partial charge in [-0.05, 0) is 18.7 Å². The van der Waals surface area contributed by atoms with Crippen LogP contribution < -0.4 is 0 Å². The van der Waals surface area contributed by atoms with Crippen molar-refractivity contribution in [3.63, 3.8) is 0 Å². The fourth-order valence-electron chi connectivity index (χ4n) is 2.34. The van der Waals surface area contributed by atoms with Gasteiger partial charge in [0.15, 0.2) is 0 Å². The molecule has 1 N–H and O–H groups in total. The lowest BCUT2D eigenvalue weighted by Crippen LogP contribution is -2.21. The molecule has 1 aromatic carbocycles. The standard InChI is InChI=1S/C12H14FNO2/c1-14-6-9(10(7-14)12(15)16)8-4-2-3-5-11(8)13/h2-5,9-10H,6-7H2,1H3,(H,15,16). The van der Waals surface area contributed by atoms with Crippen molar-refractivity contribution in [1.29, 1.82) is 0 Å². The third-order valence-corrected chi connectivity index (χ3v) is 3.12. The maximum Gasteiger partial charge on any atom is 0.308 e. The number of carboxylic acid groups (broad SMARTS) is 1. The summed E-state index contributed by atoms with van der Waals surface area (Å²) in [6.45, 7) is 1.08. The molecule has 0 aromatic heterocycles. The third kappa shape index (κ3) is 1.93. The lowest BCUT2D eigenvalue weighted by molar-refractivity contribution is -0.141. The average molecular weight is 223 g/mol. The van der Waals surface area contributed by atoms with Gasteiger partial charge in [-0.25, -0.2) is 4.39 Å². The van der Waals surface area contributed by atoms with E-state index >= 15 is 0 Å².